The van der Waals surface area contributed by atoms with Gasteiger partial charge in [-0.25, -0.2) is 12.8 Å². The van der Waals surface area contributed by atoms with Crippen molar-refractivity contribution < 1.29 is 17.6 Å². The van der Waals surface area contributed by atoms with Crippen molar-refractivity contribution in [1.82, 2.24) is 14.5 Å². The molecule has 0 saturated carbocycles. The van der Waals surface area contributed by atoms with Gasteiger partial charge in [0.25, 0.3) is 0 Å². The van der Waals surface area contributed by atoms with Gasteiger partial charge in [-0.15, -0.1) is 0 Å². The Morgan fingerprint density at radius 2 is 1.79 bits per heavy atom. The summed E-state index contributed by atoms with van der Waals surface area (Å²) < 4.78 is 40.2. The summed E-state index contributed by atoms with van der Waals surface area (Å²) >= 11 is 0. The van der Waals surface area contributed by atoms with Crippen molar-refractivity contribution in [2.24, 2.45) is 0 Å². The first-order valence-electron chi connectivity index (χ1n) is 9.55. The predicted octanol–water partition coefficient (Wildman–Crippen LogP) is 2.36. The van der Waals surface area contributed by atoms with Gasteiger partial charge in [-0.2, -0.15) is 4.31 Å². The molecule has 1 amide bonds. The first-order valence-corrected chi connectivity index (χ1v) is 11.0. The standard InChI is InChI=1S/C21H26FN3O3S/c1-24(2)15-17-7-4-3-6-16(17)14-23-21(26)20-8-5-13-25(20)29(27,28)19-11-9-18(22)10-12-19/h3-4,6-7,9-12,20H,5,8,13-15H2,1-2H3,(H,23,26). The highest BCUT2D eigenvalue weighted by Gasteiger charge is 2.39. The number of hydrogen-bond donors (Lipinski definition) is 1. The van der Waals surface area contributed by atoms with Crippen molar-refractivity contribution >= 4 is 15.9 Å². The van der Waals surface area contributed by atoms with Gasteiger partial charge in [0.05, 0.1) is 4.90 Å². The molecule has 1 N–H and O–H groups in total. The average molecular weight is 420 g/mol. The minimum atomic E-state index is -3.86. The summed E-state index contributed by atoms with van der Waals surface area (Å²) in [6, 6.07) is 11.8. The molecule has 1 fully saturated rings. The van der Waals surface area contributed by atoms with E-state index in [2.05, 4.69) is 10.2 Å². The minimum Gasteiger partial charge on any atom is -0.351 e. The summed E-state index contributed by atoms with van der Waals surface area (Å²) in [5.74, 6) is -0.816. The Bertz CT molecular complexity index is 961. The average Bonchev–Trinajstić information content (AvgIpc) is 3.18. The van der Waals surface area contributed by atoms with Crippen molar-refractivity contribution in [3.05, 3.63) is 65.5 Å². The van der Waals surface area contributed by atoms with Crippen molar-refractivity contribution in [1.29, 1.82) is 0 Å². The third-order valence-electron chi connectivity index (χ3n) is 4.98. The Labute approximate surface area is 171 Å². The molecular formula is C21H26FN3O3S. The van der Waals surface area contributed by atoms with E-state index in [0.717, 1.165) is 29.8 Å². The van der Waals surface area contributed by atoms with Crippen LogP contribution in [0.1, 0.15) is 24.0 Å². The van der Waals surface area contributed by atoms with E-state index in [4.69, 9.17) is 0 Å². The molecular weight excluding hydrogens is 393 g/mol. The van der Waals surface area contributed by atoms with Gasteiger partial charge in [0.2, 0.25) is 15.9 Å². The topological polar surface area (TPSA) is 69.7 Å². The number of rotatable bonds is 7. The van der Waals surface area contributed by atoms with Crippen molar-refractivity contribution in [3.63, 3.8) is 0 Å². The monoisotopic (exact) mass is 419 g/mol. The summed E-state index contributed by atoms with van der Waals surface area (Å²) in [4.78, 5) is 14.9. The first-order chi connectivity index (χ1) is 13.8. The van der Waals surface area contributed by atoms with Crippen LogP contribution in [0.4, 0.5) is 4.39 Å². The third-order valence-corrected chi connectivity index (χ3v) is 6.91. The van der Waals surface area contributed by atoms with Crippen molar-refractivity contribution in [2.75, 3.05) is 20.6 Å². The number of benzene rings is 2. The zero-order valence-corrected chi connectivity index (χ0v) is 17.5. The number of nitrogens with zero attached hydrogens (tertiary/aromatic N) is 2. The lowest BCUT2D eigenvalue weighted by Gasteiger charge is -2.24. The Hall–Kier alpha value is -2.29. The fraction of sp³-hybridized carbons (Fsp3) is 0.381. The van der Waals surface area contributed by atoms with Crippen molar-refractivity contribution in [3.8, 4) is 0 Å². The molecule has 0 aromatic heterocycles. The Morgan fingerprint density at radius 1 is 1.14 bits per heavy atom. The molecule has 29 heavy (non-hydrogen) atoms. The van der Waals surface area contributed by atoms with Gasteiger partial charge in [-0.05, 0) is 62.3 Å². The van der Waals surface area contributed by atoms with Gasteiger partial charge in [0, 0.05) is 19.6 Å². The number of sulfonamides is 1. The van der Waals surface area contributed by atoms with Gasteiger partial charge in [0.1, 0.15) is 11.9 Å². The van der Waals surface area contributed by atoms with Gasteiger partial charge in [-0.3, -0.25) is 4.79 Å². The van der Waals surface area contributed by atoms with Crippen LogP contribution in [0.3, 0.4) is 0 Å². The molecule has 1 saturated heterocycles. The Balaban J connectivity index is 1.72. The highest BCUT2D eigenvalue weighted by atomic mass is 32.2. The molecule has 2 aromatic rings. The molecule has 1 atom stereocenters. The quantitative estimate of drug-likeness (QED) is 0.748. The largest absolute Gasteiger partial charge is 0.351 e. The molecule has 1 aliphatic rings. The lowest BCUT2D eigenvalue weighted by molar-refractivity contribution is -0.124. The predicted molar refractivity (Wildman–Crippen MR) is 109 cm³/mol. The second-order valence-electron chi connectivity index (χ2n) is 7.45. The number of nitrogens with one attached hydrogen (secondary N) is 1. The summed E-state index contributed by atoms with van der Waals surface area (Å²) in [6.45, 7) is 1.36. The van der Waals surface area contributed by atoms with Crippen LogP contribution in [0.2, 0.25) is 0 Å². The maximum Gasteiger partial charge on any atom is 0.243 e. The van der Waals surface area contributed by atoms with E-state index in [9.17, 15) is 17.6 Å². The van der Waals surface area contributed by atoms with Gasteiger partial charge >= 0.3 is 0 Å². The highest BCUT2D eigenvalue weighted by molar-refractivity contribution is 7.89. The first kappa shape index (κ1) is 21.4. The van der Waals surface area contributed by atoms with Gasteiger partial charge < -0.3 is 10.2 Å². The van der Waals surface area contributed by atoms with Gasteiger partial charge in [0.15, 0.2) is 0 Å². The maximum atomic E-state index is 13.2. The van der Waals surface area contributed by atoms with Crippen LogP contribution in [0.5, 0.6) is 0 Å². The lowest BCUT2D eigenvalue weighted by Crippen LogP contribution is -2.45. The number of carbonyl (C=O) groups is 1. The Kier molecular flexibility index (Phi) is 6.66. The number of hydrogen-bond acceptors (Lipinski definition) is 4. The molecule has 3 rings (SSSR count). The van der Waals surface area contributed by atoms with Crippen molar-refractivity contribution in [2.45, 2.75) is 36.9 Å². The molecule has 156 valence electrons. The van der Waals surface area contributed by atoms with Crippen LogP contribution in [0.25, 0.3) is 0 Å². The molecule has 1 heterocycles. The van der Waals surface area contributed by atoms with E-state index in [-0.39, 0.29) is 17.3 Å². The minimum absolute atomic E-state index is 0.00470. The van der Waals surface area contributed by atoms with E-state index < -0.39 is 21.9 Å². The van der Waals surface area contributed by atoms with E-state index in [1.165, 1.54) is 16.4 Å². The van der Waals surface area contributed by atoms with E-state index in [1.807, 2.05) is 38.4 Å². The van der Waals surface area contributed by atoms with E-state index in [0.29, 0.717) is 19.4 Å². The number of carbonyl (C=O) groups excluding carboxylic acids is 1. The lowest BCUT2D eigenvalue weighted by atomic mass is 10.1. The molecule has 2 aromatic carbocycles. The van der Waals surface area contributed by atoms with Crippen LogP contribution in [0, 0.1) is 5.82 Å². The fourth-order valence-corrected chi connectivity index (χ4v) is 5.21. The molecule has 6 nitrogen and oxygen atoms in total. The zero-order valence-electron chi connectivity index (χ0n) is 16.6. The molecule has 1 aliphatic heterocycles. The maximum absolute atomic E-state index is 13.2. The van der Waals surface area contributed by atoms with E-state index in [1.54, 1.807) is 0 Å². The molecule has 0 spiro atoms. The fourth-order valence-electron chi connectivity index (χ4n) is 3.56. The number of amides is 1. The SMILES string of the molecule is CN(C)Cc1ccccc1CNC(=O)C1CCCN1S(=O)(=O)c1ccc(F)cc1. The van der Waals surface area contributed by atoms with E-state index >= 15 is 0 Å². The van der Waals surface area contributed by atoms with Crippen LogP contribution in [0.15, 0.2) is 53.4 Å². The van der Waals surface area contributed by atoms with Gasteiger partial charge in [-0.1, -0.05) is 24.3 Å². The third kappa shape index (κ3) is 5.01. The van der Waals surface area contributed by atoms with Crippen LogP contribution in [-0.2, 0) is 27.9 Å². The second kappa shape index (κ2) is 9.02. The van der Waals surface area contributed by atoms with Crippen LogP contribution in [-0.4, -0.2) is 50.2 Å². The second-order valence-corrected chi connectivity index (χ2v) is 9.34. The smallest absolute Gasteiger partial charge is 0.243 e. The summed E-state index contributed by atoms with van der Waals surface area (Å²) in [7, 11) is 0.0990. The molecule has 0 bridgehead atoms. The number of halogens is 1. The molecule has 1 unspecified atom stereocenters. The van der Waals surface area contributed by atoms with Crippen LogP contribution >= 0.6 is 0 Å². The van der Waals surface area contributed by atoms with Crippen LogP contribution < -0.4 is 5.32 Å². The molecule has 8 heteroatoms. The molecule has 0 aliphatic carbocycles. The zero-order chi connectivity index (χ0) is 21.0. The summed E-state index contributed by atoms with van der Waals surface area (Å²) in [6.07, 6.45) is 1.07. The Morgan fingerprint density at radius 3 is 2.45 bits per heavy atom. The normalized spacial score (nSPS) is 17.6. The molecule has 0 radical (unpaired) electrons. The summed E-state index contributed by atoms with van der Waals surface area (Å²) in [5.41, 5.74) is 2.11. The summed E-state index contributed by atoms with van der Waals surface area (Å²) in [5, 5.41) is 2.89. The highest BCUT2D eigenvalue weighted by Crippen LogP contribution is 2.26.